The lowest BCUT2D eigenvalue weighted by molar-refractivity contribution is 0.243. The minimum Gasteiger partial charge on any atom is -0.493 e. The van der Waals surface area contributed by atoms with Gasteiger partial charge in [0.05, 0.1) is 31.5 Å². The summed E-state index contributed by atoms with van der Waals surface area (Å²) in [5.41, 5.74) is 1.57. The Hall–Kier alpha value is -2.71. The first kappa shape index (κ1) is 20.0. The van der Waals surface area contributed by atoms with Gasteiger partial charge in [-0.2, -0.15) is 0 Å². The Bertz CT molecular complexity index is 966. The molecule has 1 aromatic heterocycles. The largest absolute Gasteiger partial charge is 0.493 e. The summed E-state index contributed by atoms with van der Waals surface area (Å²) in [4.78, 5) is 9.84. The molecule has 148 valence electrons. The van der Waals surface area contributed by atoms with Crippen molar-refractivity contribution in [3.63, 3.8) is 0 Å². The van der Waals surface area contributed by atoms with Crippen LogP contribution in [0, 0.1) is 0 Å². The van der Waals surface area contributed by atoms with Crippen LogP contribution in [0.1, 0.15) is 13.8 Å². The van der Waals surface area contributed by atoms with Crippen molar-refractivity contribution in [2.24, 2.45) is 0 Å². The molecule has 0 aliphatic rings. The first-order chi connectivity index (χ1) is 13.5. The number of nitrogens with one attached hydrogen (secondary N) is 2. The van der Waals surface area contributed by atoms with Gasteiger partial charge in [0.2, 0.25) is 0 Å². The summed E-state index contributed by atoms with van der Waals surface area (Å²) >= 11 is 1.53. The van der Waals surface area contributed by atoms with E-state index < -0.39 is 0 Å². The number of benzene rings is 2. The Morgan fingerprint density at radius 3 is 2.39 bits per heavy atom. The molecule has 0 saturated heterocycles. The summed E-state index contributed by atoms with van der Waals surface area (Å²) in [5, 5.41) is 4.22. The molecule has 0 bridgehead atoms. The molecule has 0 radical (unpaired) electrons. The van der Waals surface area contributed by atoms with Crippen LogP contribution in [0.2, 0.25) is 0 Å². The van der Waals surface area contributed by atoms with Crippen LogP contribution < -0.4 is 24.2 Å². The van der Waals surface area contributed by atoms with Crippen molar-refractivity contribution in [2.45, 2.75) is 24.8 Å². The second-order valence-corrected chi connectivity index (χ2v) is 7.29. The SMILES string of the molecule is CNSc1ccc(OC(C)C)c(Nc2ncnc3cc(OC)c(OC)cc23)c1. The standard InChI is InChI=1S/C20H24N4O3S/c1-12(2)27-17-7-6-13(28-21-3)8-16(17)24-20-14-9-18(25-4)19(26-5)10-15(14)22-11-23-20/h6-12,21H,1-5H3,(H,22,23,24). The quantitative estimate of drug-likeness (QED) is 0.539. The van der Waals surface area contributed by atoms with E-state index in [1.54, 1.807) is 14.2 Å². The number of aromatic nitrogens is 2. The normalized spacial score (nSPS) is 10.9. The molecule has 8 heteroatoms. The van der Waals surface area contributed by atoms with Crippen molar-refractivity contribution >= 4 is 34.4 Å². The lowest BCUT2D eigenvalue weighted by atomic mass is 10.2. The highest BCUT2D eigenvalue weighted by Crippen LogP contribution is 2.37. The molecule has 0 spiro atoms. The molecule has 2 N–H and O–H groups in total. The van der Waals surface area contributed by atoms with E-state index in [2.05, 4.69) is 20.0 Å². The lowest BCUT2D eigenvalue weighted by Gasteiger charge is -2.17. The molecule has 0 fully saturated rings. The van der Waals surface area contributed by atoms with Crippen LogP contribution in [0.15, 0.2) is 41.6 Å². The van der Waals surface area contributed by atoms with Gasteiger partial charge >= 0.3 is 0 Å². The van der Waals surface area contributed by atoms with Gasteiger partial charge in [0.15, 0.2) is 11.5 Å². The monoisotopic (exact) mass is 400 g/mol. The van der Waals surface area contributed by atoms with E-state index in [-0.39, 0.29) is 6.10 Å². The van der Waals surface area contributed by atoms with Crippen molar-refractivity contribution in [1.82, 2.24) is 14.7 Å². The molecule has 0 atom stereocenters. The highest BCUT2D eigenvalue weighted by molar-refractivity contribution is 7.97. The van der Waals surface area contributed by atoms with E-state index in [4.69, 9.17) is 14.2 Å². The molecule has 1 heterocycles. The zero-order valence-electron chi connectivity index (χ0n) is 16.6. The fourth-order valence-corrected chi connectivity index (χ4v) is 3.30. The van der Waals surface area contributed by atoms with Gasteiger partial charge in [-0.3, -0.25) is 4.72 Å². The van der Waals surface area contributed by atoms with E-state index >= 15 is 0 Å². The third kappa shape index (κ3) is 4.40. The number of nitrogens with zero attached hydrogens (tertiary/aromatic N) is 2. The first-order valence-electron chi connectivity index (χ1n) is 8.83. The number of hydrogen-bond acceptors (Lipinski definition) is 8. The van der Waals surface area contributed by atoms with Crippen molar-refractivity contribution in [2.75, 3.05) is 26.6 Å². The molecule has 0 saturated carbocycles. The van der Waals surface area contributed by atoms with Crippen LogP contribution in [0.25, 0.3) is 10.9 Å². The summed E-state index contributed by atoms with van der Waals surface area (Å²) < 4.78 is 19.9. The second kappa shape index (κ2) is 8.99. The molecule has 28 heavy (non-hydrogen) atoms. The number of anilines is 2. The molecular weight excluding hydrogens is 376 g/mol. The molecule has 3 aromatic rings. The third-order valence-corrected chi connectivity index (χ3v) is 4.62. The van der Waals surface area contributed by atoms with Gasteiger partial charge in [0.1, 0.15) is 17.9 Å². The van der Waals surface area contributed by atoms with Crippen LogP contribution in [0.4, 0.5) is 11.5 Å². The Morgan fingerprint density at radius 1 is 0.964 bits per heavy atom. The van der Waals surface area contributed by atoms with Crippen LogP contribution in [0.5, 0.6) is 17.2 Å². The van der Waals surface area contributed by atoms with E-state index in [1.165, 1.54) is 18.3 Å². The number of methoxy groups -OCH3 is 2. The maximum atomic E-state index is 5.96. The smallest absolute Gasteiger partial charge is 0.162 e. The van der Waals surface area contributed by atoms with Crippen LogP contribution in [-0.4, -0.2) is 37.3 Å². The van der Waals surface area contributed by atoms with Crippen LogP contribution >= 0.6 is 11.9 Å². The topological polar surface area (TPSA) is 77.5 Å². The van der Waals surface area contributed by atoms with Gasteiger partial charge in [0, 0.05) is 16.3 Å². The van der Waals surface area contributed by atoms with Crippen molar-refractivity contribution in [3.05, 3.63) is 36.7 Å². The highest BCUT2D eigenvalue weighted by Gasteiger charge is 2.14. The zero-order chi connectivity index (χ0) is 20.1. The zero-order valence-corrected chi connectivity index (χ0v) is 17.4. The highest BCUT2D eigenvalue weighted by atomic mass is 32.2. The van der Waals surface area contributed by atoms with Crippen molar-refractivity contribution in [3.8, 4) is 17.2 Å². The van der Waals surface area contributed by atoms with E-state index in [9.17, 15) is 0 Å². The lowest BCUT2D eigenvalue weighted by Crippen LogP contribution is -2.08. The van der Waals surface area contributed by atoms with Gasteiger partial charge in [0.25, 0.3) is 0 Å². The molecule has 0 unspecified atom stereocenters. The van der Waals surface area contributed by atoms with Crippen LogP contribution in [0.3, 0.4) is 0 Å². The average Bonchev–Trinajstić information content (AvgIpc) is 2.69. The van der Waals surface area contributed by atoms with Gasteiger partial charge in [-0.1, -0.05) is 0 Å². The van der Waals surface area contributed by atoms with E-state index in [1.807, 2.05) is 51.2 Å². The predicted molar refractivity (Wildman–Crippen MR) is 113 cm³/mol. The molecular formula is C20H24N4O3S. The Labute approximate surface area is 168 Å². The maximum absolute atomic E-state index is 5.96. The molecule has 3 rings (SSSR count). The first-order valence-corrected chi connectivity index (χ1v) is 9.65. The average molecular weight is 401 g/mol. The Morgan fingerprint density at radius 2 is 1.71 bits per heavy atom. The minimum absolute atomic E-state index is 0.0508. The number of rotatable bonds is 8. The predicted octanol–water partition coefficient (Wildman–Crippen LogP) is 4.40. The minimum atomic E-state index is 0.0508. The van der Waals surface area contributed by atoms with Gasteiger partial charge in [-0.05, 0) is 57.1 Å². The Kier molecular flexibility index (Phi) is 6.43. The number of hydrogen-bond donors (Lipinski definition) is 2. The number of ether oxygens (including phenoxy) is 3. The van der Waals surface area contributed by atoms with E-state index in [0.717, 1.165) is 27.2 Å². The summed E-state index contributed by atoms with van der Waals surface area (Å²) in [5.74, 6) is 2.65. The van der Waals surface area contributed by atoms with Crippen LogP contribution in [-0.2, 0) is 0 Å². The van der Waals surface area contributed by atoms with Gasteiger partial charge < -0.3 is 19.5 Å². The molecule has 7 nitrogen and oxygen atoms in total. The summed E-state index contributed by atoms with van der Waals surface area (Å²) in [6, 6.07) is 9.68. The van der Waals surface area contributed by atoms with Crippen molar-refractivity contribution < 1.29 is 14.2 Å². The van der Waals surface area contributed by atoms with Crippen molar-refractivity contribution in [1.29, 1.82) is 0 Å². The third-order valence-electron chi connectivity index (χ3n) is 3.93. The molecule has 0 aliphatic carbocycles. The fourth-order valence-electron chi connectivity index (χ4n) is 2.76. The molecule has 2 aromatic carbocycles. The van der Waals surface area contributed by atoms with E-state index in [0.29, 0.717) is 17.3 Å². The summed E-state index contributed by atoms with van der Waals surface area (Å²) in [7, 11) is 5.09. The molecule has 0 amide bonds. The summed E-state index contributed by atoms with van der Waals surface area (Å²) in [6.45, 7) is 3.99. The fraction of sp³-hybridized carbons (Fsp3) is 0.300. The number of fused-ring (bicyclic) bond motifs is 1. The van der Waals surface area contributed by atoms with Gasteiger partial charge in [-0.15, -0.1) is 0 Å². The second-order valence-electron chi connectivity index (χ2n) is 6.20. The Balaban J connectivity index is 2.07. The summed E-state index contributed by atoms with van der Waals surface area (Å²) in [6.07, 6.45) is 1.57. The van der Waals surface area contributed by atoms with Gasteiger partial charge in [-0.25, -0.2) is 9.97 Å². The maximum Gasteiger partial charge on any atom is 0.162 e. The molecule has 0 aliphatic heterocycles.